The summed E-state index contributed by atoms with van der Waals surface area (Å²) in [5, 5.41) is 9.28. The number of alkyl halides is 3. The fraction of sp³-hybridized carbons (Fsp3) is 0.474. The molecule has 1 fully saturated rings. The van der Waals surface area contributed by atoms with E-state index in [1.165, 1.54) is 32.6 Å². The highest BCUT2D eigenvalue weighted by Crippen LogP contribution is 2.41. The second-order valence-corrected chi connectivity index (χ2v) is 9.68. The number of aryl methyl sites for hydroxylation is 1. The molecule has 0 saturated carbocycles. The van der Waals surface area contributed by atoms with E-state index in [2.05, 4.69) is 18.1 Å². The molecule has 1 saturated heterocycles. The first-order chi connectivity index (χ1) is 13.3. The van der Waals surface area contributed by atoms with Gasteiger partial charge in [-0.15, -0.1) is 0 Å². The summed E-state index contributed by atoms with van der Waals surface area (Å²) >= 11 is 0. The van der Waals surface area contributed by atoms with Crippen LogP contribution < -0.4 is 4.74 Å². The molecule has 149 valence electrons. The number of halogens is 3. The van der Waals surface area contributed by atoms with Crippen LogP contribution in [0.5, 0.6) is 5.75 Å². The van der Waals surface area contributed by atoms with Crippen LogP contribution in [0.3, 0.4) is 0 Å². The lowest BCUT2D eigenvalue weighted by Gasteiger charge is -2.22. The molecule has 2 unspecified atom stereocenters. The molecule has 0 bridgehead atoms. The van der Waals surface area contributed by atoms with E-state index in [4.69, 9.17) is 10.1 Å². The fourth-order valence-electron chi connectivity index (χ4n) is 3.50. The molecule has 3 rings (SSSR count). The molecule has 0 aliphatic carbocycles. The van der Waals surface area contributed by atoms with Crippen LogP contribution >= 0.6 is 17.2 Å². The molecule has 1 N–H and O–H groups in total. The van der Waals surface area contributed by atoms with E-state index in [1.54, 1.807) is 6.92 Å². The highest BCUT2D eigenvalue weighted by atomic mass is 31.1. The third-order valence-electron chi connectivity index (χ3n) is 4.99. The van der Waals surface area contributed by atoms with Crippen molar-refractivity contribution in [2.45, 2.75) is 44.2 Å². The van der Waals surface area contributed by atoms with Gasteiger partial charge >= 0.3 is 6.18 Å². The predicted molar refractivity (Wildman–Crippen MR) is 115 cm³/mol. The van der Waals surface area contributed by atoms with Crippen LogP contribution in [0.15, 0.2) is 28.3 Å². The zero-order valence-electron chi connectivity index (χ0n) is 15.9. The molecule has 9 heteroatoms. The number of methoxy groups -OCH3 is 1. The highest BCUT2D eigenvalue weighted by molar-refractivity contribution is 7.49. The van der Waals surface area contributed by atoms with Crippen LogP contribution in [-0.2, 0) is 6.18 Å². The molecule has 2 aliphatic heterocycles. The average Bonchev–Trinajstić information content (AvgIpc) is 2.66. The maximum Gasteiger partial charge on any atom is 0.416 e. The Morgan fingerprint density at radius 3 is 2.64 bits per heavy atom. The topological polar surface area (TPSA) is 45.4 Å². The summed E-state index contributed by atoms with van der Waals surface area (Å²) in [7, 11) is 4.82. The number of ether oxygens (including phenoxy) is 1. The molecule has 1 radical (unpaired) electrons. The second-order valence-electron chi connectivity index (χ2n) is 6.99. The molecule has 1 aromatic carbocycles. The maximum absolute atomic E-state index is 13.1. The summed E-state index contributed by atoms with van der Waals surface area (Å²) < 4.78 is 44.5. The molecule has 0 amide bonds. The number of benzene rings is 1. The fourth-order valence-corrected chi connectivity index (χ4v) is 6.21. The van der Waals surface area contributed by atoms with E-state index in [0.717, 1.165) is 17.4 Å². The van der Waals surface area contributed by atoms with Gasteiger partial charge in [0.15, 0.2) is 5.84 Å². The first-order valence-electron chi connectivity index (χ1n) is 9.24. The Morgan fingerprint density at radius 1 is 1.32 bits per heavy atom. The number of aliphatic imine (C=N–C) groups is 1. The van der Waals surface area contributed by atoms with Crippen molar-refractivity contribution >= 4 is 36.0 Å². The van der Waals surface area contributed by atoms with E-state index >= 15 is 0 Å². The number of hydrogen-bond donors (Lipinski definition) is 1. The molecular weight excluding hydrogens is 402 g/mol. The van der Waals surface area contributed by atoms with Crippen LogP contribution in [0, 0.1) is 12.3 Å². The summed E-state index contributed by atoms with van der Waals surface area (Å²) in [5.74, 6) is 2.57. The van der Waals surface area contributed by atoms with Crippen molar-refractivity contribution in [3.63, 3.8) is 0 Å². The van der Waals surface area contributed by atoms with Gasteiger partial charge < -0.3 is 4.74 Å². The van der Waals surface area contributed by atoms with Crippen molar-refractivity contribution in [1.82, 2.24) is 0 Å². The summed E-state index contributed by atoms with van der Waals surface area (Å²) in [4.78, 5) is 4.43. The quantitative estimate of drug-likeness (QED) is 0.488. The van der Waals surface area contributed by atoms with Crippen molar-refractivity contribution in [2.75, 3.05) is 13.3 Å². The van der Waals surface area contributed by atoms with Crippen molar-refractivity contribution in [2.24, 2.45) is 4.99 Å². The minimum absolute atomic E-state index is 0.163. The molecular formula is C19H23BF3N2OP2. The Morgan fingerprint density at radius 2 is 2.04 bits per heavy atom. The molecule has 2 atom stereocenters. The molecule has 2 aliphatic rings. The van der Waals surface area contributed by atoms with E-state index in [1.807, 2.05) is 0 Å². The molecule has 0 spiro atoms. The molecule has 1 aromatic rings. The zero-order valence-corrected chi connectivity index (χ0v) is 17.9. The number of nitrogens with zero attached hydrogens (tertiary/aromatic N) is 1. The minimum atomic E-state index is -4.42. The average molecular weight is 425 g/mol. The molecule has 0 aromatic heterocycles. The van der Waals surface area contributed by atoms with Crippen LogP contribution in [0.1, 0.15) is 29.5 Å². The van der Waals surface area contributed by atoms with Crippen molar-refractivity contribution < 1.29 is 17.9 Å². The van der Waals surface area contributed by atoms with Gasteiger partial charge in [0, 0.05) is 17.0 Å². The number of hydrogen-bond acceptors (Lipinski definition) is 2. The SMILES string of the molecule is COc1cc(C(F)(F)F)cc(C)c1C1=NC(=N)/C(=C\PC2CC[B]CC2)PC1. The van der Waals surface area contributed by atoms with Gasteiger partial charge in [-0.3, -0.25) is 5.41 Å². The summed E-state index contributed by atoms with van der Waals surface area (Å²) in [6, 6.07) is 2.14. The van der Waals surface area contributed by atoms with Gasteiger partial charge in [0.1, 0.15) is 13.0 Å². The number of amidine groups is 1. The number of nitrogens with one attached hydrogen (secondary N) is 1. The summed E-state index contributed by atoms with van der Waals surface area (Å²) in [6.45, 7) is 1.63. The molecule has 28 heavy (non-hydrogen) atoms. The molecule has 3 nitrogen and oxygen atoms in total. The van der Waals surface area contributed by atoms with Crippen molar-refractivity contribution in [1.29, 1.82) is 5.41 Å². The first kappa shape index (κ1) is 21.5. The largest absolute Gasteiger partial charge is 0.496 e. The Balaban J connectivity index is 1.82. The lowest BCUT2D eigenvalue weighted by molar-refractivity contribution is -0.137. The third kappa shape index (κ3) is 5.05. The van der Waals surface area contributed by atoms with Crippen LogP contribution in [-0.4, -0.2) is 37.8 Å². The Bertz CT molecular complexity index is 818. The van der Waals surface area contributed by atoms with Gasteiger partial charge in [-0.2, -0.15) is 13.2 Å². The van der Waals surface area contributed by atoms with Gasteiger partial charge in [0.2, 0.25) is 0 Å². The highest BCUT2D eigenvalue weighted by Gasteiger charge is 2.33. The minimum Gasteiger partial charge on any atom is -0.496 e. The van der Waals surface area contributed by atoms with Gasteiger partial charge in [-0.05, 0) is 30.3 Å². The smallest absolute Gasteiger partial charge is 0.416 e. The Hall–Kier alpha value is -1.19. The van der Waals surface area contributed by atoms with Gasteiger partial charge in [-0.1, -0.05) is 48.5 Å². The van der Waals surface area contributed by atoms with Crippen LogP contribution in [0.25, 0.3) is 0 Å². The lowest BCUT2D eigenvalue weighted by Crippen LogP contribution is -2.17. The zero-order chi connectivity index (χ0) is 20.3. The van der Waals surface area contributed by atoms with E-state index in [0.29, 0.717) is 45.8 Å². The third-order valence-corrected chi connectivity index (χ3v) is 8.05. The van der Waals surface area contributed by atoms with Gasteiger partial charge in [0.25, 0.3) is 0 Å². The lowest BCUT2D eigenvalue weighted by atomic mass is 9.64. The monoisotopic (exact) mass is 425 g/mol. The van der Waals surface area contributed by atoms with Crippen molar-refractivity contribution in [3.8, 4) is 5.75 Å². The second kappa shape index (κ2) is 9.09. The predicted octanol–water partition coefficient (Wildman–Crippen LogP) is 5.70. The van der Waals surface area contributed by atoms with Crippen LogP contribution in [0.2, 0.25) is 12.6 Å². The van der Waals surface area contributed by atoms with Crippen molar-refractivity contribution in [3.05, 3.63) is 40.0 Å². The normalized spacial score (nSPS) is 21.4. The summed E-state index contributed by atoms with van der Waals surface area (Å²) in [6.07, 6.45) is 0.989. The van der Waals surface area contributed by atoms with E-state index < -0.39 is 11.7 Å². The van der Waals surface area contributed by atoms with E-state index in [9.17, 15) is 13.2 Å². The maximum atomic E-state index is 13.1. The summed E-state index contributed by atoms with van der Waals surface area (Å²) in [5.41, 5.74) is 1.66. The standard InChI is InChI=1S/C19H23BF3N2OP2/c1-11-7-12(19(21,22)23)8-15(26-2)17(11)14-9-28-16(18(24)25-14)10-27-13-3-5-20-6-4-13/h7-8,10,13,24,27-28H,3-6,9H2,1-2H3/b16-10+,24-18?. The van der Waals surface area contributed by atoms with Crippen LogP contribution in [0.4, 0.5) is 13.2 Å². The van der Waals surface area contributed by atoms with Gasteiger partial charge in [0.05, 0.1) is 18.4 Å². The van der Waals surface area contributed by atoms with Gasteiger partial charge in [-0.25, -0.2) is 4.99 Å². The Kier molecular flexibility index (Phi) is 6.99. The Labute approximate surface area is 167 Å². The number of rotatable bonds is 4. The molecule has 2 heterocycles. The first-order valence-corrected chi connectivity index (χ1v) is 11.6. The van der Waals surface area contributed by atoms with E-state index in [-0.39, 0.29) is 11.6 Å².